The van der Waals surface area contributed by atoms with E-state index in [1.54, 1.807) is 30.3 Å². The van der Waals surface area contributed by atoms with E-state index in [0.29, 0.717) is 32.2 Å². The molecule has 1 aromatic heterocycles. The van der Waals surface area contributed by atoms with Gasteiger partial charge in [0.1, 0.15) is 0 Å². The average Bonchev–Trinajstić information content (AvgIpc) is 2.52. The van der Waals surface area contributed by atoms with E-state index >= 15 is 0 Å². The molecular weight excluding hydrogens is 345 g/mol. The van der Waals surface area contributed by atoms with Gasteiger partial charge in [0, 0.05) is 16.0 Å². The molecule has 0 fully saturated rings. The molecule has 122 valence electrons. The first kappa shape index (κ1) is 16.7. The van der Waals surface area contributed by atoms with Gasteiger partial charge in [0.15, 0.2) is 0 Å². The second kappa shape index (κ2) is 6.42. The van der Waals surface area contributed by atoms with Crippen LogP contribution in [-0.4, -0.2) is 16.1 Å². The van der Waals surface area contributed by atoms with Gasteiger partial charge in [0.2, 0.25) is 0 Å². The highest BCUT2D eigenvalue weighted by Crippen LogP contribution is 2.34. The Morgan fingerprint density at radius 2 is 1.88 bits per heavy atom. The zero-order chi connectivity index (χ0) is 17.4. The van der Waals surface area contributed by atoms with Crippen molar-refractivity contribution >= 4 is 40.1 Å². The summed E-state index contributed by atoms with van der Waals surface area (Å²) in [5, 5.41) is 11.2. The summed E-state index contributed by atoms with van der Waals surface area (Å²) in [6, 6.07) is 12.3. The summed E-state index contributed by atoms with van der Waals surface area (Å²) >= 11 is 12.2. The monoisotopic (exact) mass is 359 g/mol. The molecule has 3 aromatic rings. The Balaban J connectivity index is 2.37. The maximum Gasteiger partial charge on any atom is 0.336 e. The van der Waals surface area contributed by atoms with Gasteiger partial charge in [-0.05, 0) is 35.7 Å². The van der Waals surface area contributed by atoms with Crippen LogP contribution < -0.4 is 0 Å². The summed E-state index contributed by atoms with van der Waals surface area (Å²) in [4.78, 5) is 16.4. The van der Waals surface area contributed by atoms with Crippen molar-refractivity contribution < 1.29 is 9.90 Å². The van der Waals surface area contributed by atoms with E-state index in [2.05, 4.69) is 13.8 Å². The standard InChI is InChI=1S/C19H15Cl2NO2/c1-10(2)12-4-3-5-13-15(19(23)24)9-17(22-18(12)13)14-7-6-11(20)8-16(14)21/h3-10H,1-2H3,(H,23,24). The number of hydrogen-bond donors (Lipinski definition) is 1. The maximum atomic E-state index is 11.7. The Morgan fingerprint density at radius 1 is 1.12 bits per heavy atom. The van der Waals surface area contributed by atoms with Crippen molar-refractivity contribution in [3.8, 4) is 11.3 Å². The lowest BCUT2D eigenvalue weighted by molar-refractivity contribution is 0.0699. The van der Waals surface area contributed by atoms with Gasteiger partial charge in [-0.1, -0.05) is 55.2 Å². The van der Waals surface area contributed by atoms with E-state index in [1.807, 2.05) is 12.1 Å². The minimum absolute atomic E-state index is 0.212. The molecule has 5 heteroatoms. The molecule has 0 amide bonds. The summed E-state index contributed by atoms with van der Waals surface area (Å²) < 4.78 is 0. The molecular formula is C19H15Cl2NO2. The Labute approximate surface area is 149 Å². The van der Waals surface area contributed by atoms with Gasteiger partial charge >= 0.3 is 5.97 Å². The number of halogens is 2. The predicted octanol–water partition coefficient (Wildman–Crippen LogP) is 6.03. The van der Waals surface area contributed by atoms with Crippen molar-refractivity contribution in [2.24, 2.45) is 0 Å². The van der Waals surface area contributed by atoms with E-state index in [1.165, 1.54) is 0 Å². The Morgan fingerprint density at radius 3 is 2.50 bits per heavy atom. The van der Waals surface area contributed by atoms with Gasteiger partial charge in [-0.25, -0.2) is 9.78 Å². The van der Waals surface area contributed by atoms with Crippen LogP contribution in [0.2, 0.25) is 10.0 Å². The van der Waals surface area contributed by atoms with E-state index in [-0.39, 0.29) is 11.5 Å². The molecule has 0 aliphatic heterocycles. The molecule has 0 saturated heterocycles. The number of carbonyl (C=O) groups is 1. The molecule has 0 atom stereocenters. The van der Waals surface area contributed by atoms with Gasteiger partial charge in [0.25, 0.3) is 0 Å². The minimum Gasteiger partial charge on any atom is -0.478 e. The minimum atomic E-state index is -0.991. The summed E-state index contributed by atoms with van der Waals surface area (Å²) in [6.45, 7) is 4.11. The zero-order valence-corrected chi connectivity index (χ0v) is 14.7. The molecule has 0 unspecified atom stereocenters. The second-order valence-electron chi connectivity index (χ2n) is 5.88. The topological polar surface area (TPSA) is 50.2 Å². The summed E-state index contributed by atoms with van der Waals surface area (Å²) in [7, 11) is 0. The predicted molar refractivity (Wildman–Crippen MR) is 98.2 cm³/mol. The number of carboxylic acid groups (broad SMARTS) is 1. The van der Waals surface area contributed by atoms with Crippen molar-refractivity contribution in [2.75, 3.05) is 0 Å². The molecule has 0 aliphatic carbocycles. The fourth-order valence-electron chi connectivity index (χ4n) is 2.75. The van der Waals surface area contributed by atoms with Crippen molar-refractivity contribution in [1.82, 2.24) is 4.98 Å². The number of carboxylic acids is 1. The Hall–Kier alpha value is -2.10. The van der Waals surface area contributed by atoms with Crippen LogP contribution in [0.5, 0.6) is 0 Å². The number of fused-ring (bicyclic) bond motifs is 1. The van der Waals surface area contributed by atoms with Crippen LogP contribution in [0.25, 0.3) is 22.2 Å². The fraction of sp³-hybridized carbons (Fsp3) is 0.158. The lowest BCUT2D eigenvalue weighted by atomic mass is 9.96. The number of aromatic carboxylic acids is 1. The first-order valence-corrected chi connectivity index (χ1v) is 8.26. The molecule has 0 spiro atoms. The van der Waals surface area contributed by atoms with E-state index in [0.717, 1.165) is 5.56 Å². The molecule has 3 rings (SSSR count). The highest BCUT2D eigenvalue weighted by molar-refractivity contribution is 6.36. The number of nitrogens with zero attached hydrogens (tertiary/aromatic N) is 1. The Kier molecular flexibility index (Phi) is 4.48. The number of aromatic nitrogens is 1. The van der Waals surface area contributed by atoms with Crippen LogP contribution in [0.15, 0.2) is 42.5 Å². The molecule has 0 radical (unpaired) electrons. The first-order chi connectivity index (χ1) is 11.4. The number of hydrogen-bond acceptors (Lipinski definition) is 2. The molecule has 1 N–H and O–H groups in total. The van der Waals surface area contributed by atoms with E-state index in [9.17, 15) is 9.90 Å². The maximum absolute atomic E-state index is 11.7. The van der Waals surface area contributed by atoms with Crippen LogP contribution >= 0.6 is 23.2 Å². The number of pyridine rings is 1. The van der Waals surface area contributed by atoms with Gasteiger partial charge in [-0.15, -0.1) is 0 Å². The van der Waals surface area contributed by atoms with Crippen LogP contribution in [0.3, 0.4) is 0 Å². The van der Waals surface area contributed by atoms with E-state index in [4.69, 9.17) is 28.2 Å². The largest absolute Gasteiger partial charge is 0.478 e. The lowest BCUT2D eigenvalue weighted by Crippen LogP contribution is -2.02. The third-order valence-electron chi connectivity index (χ3n) is 3.93. The van der Waals surface area contributed by atoms with Gasteiger partial charge in [-0.3, -0.25) is 0 Å². The average molecular weight is 360 g/mol. The van der Waals surface area contributed by atoms with Gasteiger partial charge < -0.3 is 5.11 Å². The Bertz CT molecular complexity index is 951. The second-order valence-corrected chi connectivity index (χ2v) is 6.73. The van der Waals surface area contributed by atoms with Crippen LogP contribution in [0.4, 0.5) is 0 Å². The first-order valence-electron chi connectivity index (χ1n) is 7.51. The SMILES string of the molecule is CC(C)c1cccc2c(C(=O)O)cc(-c3ccc(Cl)cc3Cl)nc12. The normalized spacial score (nSPS) is 11.2. The fourth-order valence-corrected chi connectivity index (χ4v) is 3.25. The summed E-state index contributed by atoms with van der Waals surface area (Å²) in [5.41, 5.74) is 3.08. The highest BCUT2D eigenvalue weighted by Gasteiger charge is 2.17. The van der Waals surface area contributed by atoms with Crippen LogP contribution in [-0.2, 0) is 0 Å². The zero-order valence-electron chi connectivity index (χ0n) is 13.2. The van der Waals surface area contributed by atoms with Crippen molar-refractivity contribution in [3.05, 3.63) is 63.6 Å². The van der Waals surface area contributed by atoms with Gasteiger partial charge in [-0.2, -0.15) is 0 Å². The van der Waals surface area contributed by atoms with Crippen molar-refractivity contribution in [1.29, 1.82) is 0 Å². The molecule has 0 saturated carbocycles. The third-order valence-corrected chi connectivity index (χ3v) is 4.48. The molecule has 2 aromatic carbocycles. The molecule has 1 heterocycles. The van der Waals surface area contributed by atoms with Crippen molar-refractivity contribution in [2.45, 2.75) is 19.8 Å². The number of benzene rings is 2. The van der Waals surface area contributed by atoms with E-state index < -0.39 is 5.97 Å². The van der Waals surface area contributed by atoms with Crippen LogP contribution in [0, 0.1) is 0 Å². The molecule has 0 bridgehead atoms. The quantitative estimate of drug-likeness (QED) is 0.620. The summed E-state index contributed by atoms with van der Waals surface area (Å²) in [6.07, 6.45) is 0. The summed E-state index contributed by atoms with van der Waals surface area (Å²) in [5.74, 6) is -0.770. The lowest BCUT2D eigenvalue weighted by Gasteiger charge is -2.13. The molecule has 3 nitrogen and oxygen atoms in total. The van der Waals surface area contributed by atoms with Crippen molar-refractivity contribution in [3.63, 3.8) is 0 Å². The smallest absolute Gasteiger partial charge is 0.336 e. The number of para-hydroxylation sites is 1. The van der Waals surface area contributed by atoms with Gasteiger partial charge in [0.05, 0.1) is 21.8 Å². The molecule has 24 heavy (non-hydrogen) atoms. The highest BCUT2D eigenvalue weighted by atomic mass is 35.5. The number of rotatable bonds is 3. The van der Waals surface area contributed by atoms with Crippen LogP contribution in [0.1, 0.15) is 35.7 Å². The third kappa shape index (κ3) is 2.97. The molecule has 0 aliphatic rings.